The molecule has 2 rings (SSSR count). The number of thiocarbonyl (C=S) groups is 1. The highest BCUT2D eigenvalue weighted by atomic mass is 35.5. The maximum atomic E-state index is 11.7. The number of aryl methyl sites for hydroxylation is 2. The molecule has 0 aliphatic rings. The molecule has 0 amide bonds. The summed E-state index contributed by atoms with van der Waals surface area (Å²) in [6.45, 7) is 6.20. The van der Waals surface area contributed by atoms with Crippen molar-refractivity contribution in [3.05, 3.63) is 63.7 Å². The minimum absolute atomic E-state index is 0.0491. The molecule has 1 atom stereocenters. The van der Waals surface area contributed by atoms with Gasteiger partial charge in [-0.25, -0.2) is 4.79 Å². The molecule has 0 bridgehead atoms. The zero-order chi connectivity index (χ0) is 18.6. The third-order valence-electron chi connectivity index (χ3n) is 3.87. The normalized spacial score (nSPS) is 11.6. The Morgan fingerprint density at radius 2 is 1.92 bits per heavy atom. The summed E-state index contributed by atoms with van der Waals surface area (Å²) in [5.74, 6) is -0.490. The SMILES string of the molecule is COC(=O)c1cc(NC(=S)N[C@H](C)c2ccc(C)cc2C)ccc1Cl. The van der Waals surface area contributed by atoms with Crippen molar-refractivity contribution in [2.45, 2.75) is 26.8 Å². The van der Waals surface area contributed by atoms with E-state index < -0.39 is 5.97 Å². The summed E-state index contributed by atoms with van der Waals surface area (Å²) in [6.07, 6.45) is 0. The van der Waals surface area contributed by atoms with Crippen LogP contribution in [0.3, 0.4) is 0 Å². The quantitative estimate of drug-likeness (QED) is 0.593. The van der Waals surface area contributed by atoms with Crippen LogP contribution in [-0.2, 0) is 4.74 Å². The molecule has 6 heteroatoms. The van der Waals surface area contributed by atoms with Gasteiger partial charge in [-0.1, -0.05) is 35.4 Å². The van der Waals surface area contributed by atoms with Crippen LogP contribution in [0.25, 0.3) is 0 Å². The molecule has 0 aliphatic heterocycles. The molecule has 0 saturated carbocycles. The lowest BCUT2D eigenvalue weighted by Crippen LogP contribution is -2.31. The van der Waals surface area contributed by atoms with E-state index in [4.69, 9.17) is 28.6 Å². The van der Waals surface area contributed by atoms with Crippen LogP contribution < -0.4 is 10.6 Å². The topological polar surface area (TPSA) is 50.4 Å². The van der Waals surface area contributed by atoms with Gasteiger partial charge in [-0.2, -0.15) is 0 Å². The van der Waals surface area contributed by atoms with Crippen LogP contribution in [0.2, 0.25) is 5.02 Å². The number of benzene rings is 2. The summed E-state index contributed by atoms with van der Waals surface area (Å²) in [4.78, 5) is 11.7. The van der Waals surface area contributed by atoms with Crippen LogP contribution in [0.5, 0.6) is 0 Å². The molecule has 0 radical (unpaired) electrons. The number of methoxy groups -OCH3 is 1. The molecule has 0 fully saturated rings. The minimum Gasteiger partial charge on any atom is -0.465 e. The molecule has 2 aromatic carbocycles. The zero-order valence-electron chi connectivity index (χ0n) is 14.6. The van der Waals surface area contributed by atoms with Crippen molar-refractivity contribution in [2.75, 3.05) is 12.4 Å². The molecule has 0 spiro atoms. The van der Waals surface area contributed by atoms with Gasteiger partial charge in [0.15, 0.2) is 5.11 Å². The smallest absolute Gasteiger partial charge is 0.339 e. The zero-order valence-corrected chi connectivity index (χ0v) is 16.2. The fourth-order valence-corrected chi connectivity index (χ4v) is 3.11. The number of halogens is 1. The largest absolute Gasteiger partial charge is 0.465 e. The summed E-state index contributed by atoms with van der Waals surface area (Å²) in [5, 5.41) is 7.12. The second-order valence-corrected chi connectivity index (χ2v) is 6.68. The Balaban J connectivity index is 2.08. The van der Waals surface area contributed by atoms with Gasteiger partial charge >= 0.3 is 5.97 Å². The summed E-state index contributed by atoms with van der Waals surface area (Å²) in [7, 11) is 1.32. The van der Waals surface area contributed by atoms with Crippen LogP contribution in [0.15, 0.2) is 36.4 Å². The van der Waals surface area contributed by atoms with E-state index in [2.05, 4.69) is 42.7 Å². The molecule has 25 heavy (non-hydrogen) atoms. The van der Waals surface area contributed by atoms with Crippen molar-refractivity contribution in [1.29, 1.82) is 0 Å². The maximum Gasteiger partial charge on any atom is 0.339 e. The molecule has 0 aromatic heterocycles. The molecule has 2 N–H and O–H groups in total. The second-order valence-electron chi connectivity index (χ2n) is 5.87. The van der Waals surface area contributed by atoms with E-state index in [1.165, 1.54) is 23.8 Å². The van der Waals surface area contributed by atoms with Crippen LogP contribution in [0.4, 0.5) is 5.69 Å². The number of carbonyl (C=O) groups is 1. The minimum atomic E-state index is -0.490. The molecule has 0 unspecified atom stereocenters. The molecule has 2 aromatic rings. The molecule has 4 nitrogen and oxygen atoms in total. The van der Waals surface area contributed by atoms with Crippen molar-refractivity contribution >= 4 is 40.6 Å². The van der Waals surface area contributed by atoms with Crippen molar-refractivity contribution in [3.63, 3.8) is 0 Å². The number of esters is 1. The van der Waals surface area contributed by atoms with E-state index in [1.54, 1.807) is 18.2 Å². The number of nitrogens with one attached hydrogen (secondary N) is 2. The average Bonchev–Trinajstić information content (AvgIpc) is 2.55. The number of ether oxygens (including phenoxy) is 1. The fraction of sp³-hybridized carbons (Fsp3) is 0.263. The van der Waals surface area contributed by atoms with E-state index in [0.717, 1.165) is 0 Å². The molecule has 0 aliphatic carbocycles. The van der Waals surface area contributed by atoms with Crippen LogP contribution in [0, 0.1) is 13.8 Å². The van der Waals surface area contributed by atoms with E-state index in [9.17, 15) is 4.79 Å². The van der Waals surface area contributed by atoms with Crippen molar-refractivity contribution < 1.29 is 9.53 Å². The van der Waals surface area contributed by atoms with Crippen molar-refractivity contribution in [1.82, 2.24) is 5.32 Å². The summed E-state index contributed by atoms with van der Waals surface area (Å²) >= 11 is 11.4. The third kappa shape index (κ3) is 4.94. The second kappa shape index (κ2) is 8.32. The summed E-state index contributed by atoms with van der Waals surface area (Å²) in [5.41, 5.74) is 4.57. The predicted octanol–water partition coefficient (Wildman–Crippen LogP) is 4.79. The van der Waals surface area contributed by atoms with Gasteiger partial charge in [0.05, 0.1) is 23.7 Å². The Morgan fingerprint density at radius 1 is 1.20 bits per heavy atom. The lowest BCUT2D eigenvalue weighted by molar-refractivity contribution is 0.0601. The monoisotopic (exact) mass is 376 g/mol. The number of anilines is 1. The van der Waals surface area contributed by atoms with Crippen LogP contribution in [0.1, 0.15) is 40.0 Å². The van der Waals surface area contributed by atoms with E-state index in [0.29, 0.717) is 21.4 Å². The number of rotatable bonds is 4. The lowest BCUT2D eigenvalue weighted by Gasteiger charge is -2.19. The first kappa shape index (κ1) is 19.2. The Hall–Kier alpha value is -2.11. The van der Waals surface area contributed by atoms with Gasteiger partial charge in [0, 0.05) is 5.69 Å². The van der Waals surface area contributed by atoms with Gasteiger partial charge in [-0.05, 0) is 62.3 Å². The Bertz CT molecular complexity index is 808. The average molecular weight is 377 g/mol. The van der Waals surface area contributed by atoms with Crippen molar-refractivity contribution in [3.8, 4) is 0 Å². The van der Waals surface area contributed by atoms with Crippen molar-refractivity contribution in [2.24, 2.45) is 0 Å². The molecule has 0 saturated heterocycles. The number of carbonyl (C=O) groups excluding carboxylic acids is 1. The molecule has 0 heterocycles. The Morgan fingerprint density at radius 3 is 2.56 bits per heavy atom. The molecular formula is C19H21ClN2O2S. The van der Waals surface area contributed by atoms with E-state index >= 15 is 0 Å². The van der Waals surface area contributed by atoms with Gasteiger partial charge in [-0.3, -0.25) is 0 Å². The number of hydrogen-bond donors (Lipinski definition) is 2. The standard InChI is InChI=1S/C19H21ClN2O2S/c1-11-5-7-15(12(2)9-11)13(3)21-19(25)22-14-6-8-17(20)16(10-14)18(23)24-4/h5-10,13H,1-4H3,(H2,21,22,25)/t13-/m1/s1. The first-order chi connectivity index (χ1) is 11.8. The fourth-order valence-electron chi connectivity index (χ4n) is 2.62. The first-order valence-electron chi connectivity index (χ1n) is 7.84. The highest BCUT2D eigenvalue weighted by Gasteiger charge is 2.13. The Labute approximate surface area is 158 Å². The highest BCUT2D eigenvalue weighted by Crippen LogP contribution is 2.22. The van der Waals surface area contributed by atoms with Crippen LogP contribution in [-0.4, -0.2) is 18.2 Å². The first-order valence-corrected chi connectivity index (χ1v) is 8.63. The lowest BCUT2D eigenvalue weighted by atomic mass is 10.0. The van der Waals surface area contributed by atoms with Gasteiger partial charge < -0.3 is 15.4 Å². The molecular weight excluding hydrogens is 356 g/mol. The number of hydrogen-bond acceptors (Lipinski definition) is 3. The summed E-state index contributed by atoms with van der Waals surface area (Å²) in [6, 6.07) is 11.4. The van der Waals surface area contributed by atoms with E-state index in [1.807, 2.05) is 6.92 Å². The van der Waals surface area contributed by atoms with Gasteiger partial charge in [0.2, 0.25) is 0 Å². The third-order valence-corrected chi connectivity index (χ3v) is 4.42. The van der Waals surface area contributed by atoms with Gasteiger partial charge in [-0.15, -0.1) is 0 Å². The van der Waals surface area contributed by atoms with Gasteiger partial charge in [0.25, 0.3) is 0 Å². The maximum absolute atomic E-state index is 11.7. The van der Waals surface area contributed by atoms with Crippen LogP contribution >= 0.6 is 23.8 Å². The molecule has 132 valence electrons. The highest BCUT2D eigenvalue weighted by molar-refractivity contribution is 7.80. The predicted molar refractivity (Wildman–Crippen MR) is 106 cm³/mol. The van der Waals surface area contributed by atoms with E-state index in [-0.39, 0.29) is 6.04 Å². The summed E-state index contributed by atoms with van der Waals surface area (Å²) < 4.78 is 4.72. The van der Waals surface area contributed by atoms with Gasteiger partial charge in [0.1, 0.15) is 0 Å². The Kier molecular flexibility index (Phi) is 6.39.